The number of aryl methyl sites for hydroxylation is 1. The Hall–Kier alpha value is -1.80. The van der Waals surface area contributed by atoms with Gasteiger partial charge in [0.25, 0.3) is 0 Å². The van der Waals surface area contributed by atoms with Gasteiger partial charge in [-0.25, -0.2) is 0 Å². The van der Waals surface area contributed by atoms with Crippen molar-refractivity contribution >= 4 is 0 Å². The van der Waals surface area contributed by atoms with E-state index in [9.17, 15) is 0 Å². The van der Waals surface area contributed by atoms with Gasteiger partial charge in [0.2, 0.25) is 0 Å². The minimum absolute atomic E-state index is 0.102. The van der Waals surface area contributed by atoms with Crippen LogP contribution in [0.2, 0.25) is 0 Å². The predicted octanol–water partition coefficient (Wildman–Crippen LogP) is 5.32. The first-order chi connectivity index (χ1) is 10.0. The molecule has 0 bridgehead atoms. The zero-order valence-corrected chi connectivity index (χ0v) is 13.4. The highest BCUT2D eigenvalue weighted by Crippen LogP contribution is 2.29. The summed E-state index contributed by atoms with van der Waals surface area (Å²) in [5.74, 6) is 2.28. The van der Waals surface area contributed by atoms with E-state index in [0.29, 0.717) is 5.92 Å². The van der Waals surface area contributed by atoms with Crippen LogP contribution in [-0.2, 0) is 0 Å². The van der Waals surface area contributed by atoms with E-state index in [1.165, 1.54) is 5.56 Å². The molecule has 0 aliphatic rings. The third-order valence-corrected chi connectivity index (χ3v) is 3.85. The normalized spacial score (nSPS) is 12.5. The van der Waals surface area contributed by atoms with Crippen LogP contribution in [-0.4, -0.2) is 0 Å². The summed E-state index contributed by atoms with van der Waals surface area (Å²) in [6, 6.07) is 14.6. The molecule has 0 unspecified atom stereocenters. The number of benzene rings is 2. The Kier molecular flexibility index (Phi) is 5.03. The molecule has 112 valence electrons. The predicted molar refractivity (Wildman–Crippen MR) is 89.0 cm³/mol. The van der Waals surface area contributed by atoms with Crippen LogP contribution in [0.25, 0.3) is 0 Å². The summed E-state index contributed by atoms with van der Waals surface area (Å²) in [6.07, 6.45) is 0.940. The molecule has 0 radical (unpaired) electrons. The van der Waals surface area contributed by atoms with E-state index in [-0.39, 0.29) is 6.04 Å². The second kappa shape index (κ2) is 6.77. The number of nitrogens with two attached hydrogens (primary N) is 1. The summed E-state index contributed by atoms with van der Waals surface area (Å²) in [5.41, 5.74) is 9.62. The molecule has 1 atom stereocenters. The quantitative estimate of drug-likeness (QED) is 0.806. The van der Waals surface area contributed by atoms with Gasteiger partial charge >= 0.3 is 0 Å². The van der Waals surface area contributed by atoms with E-state index in [1.54, 1.807) is 0 Å². The number of rotatable bonds is 5. The number of hydrogen-bond donors (Lipinski definition) is 1. The Morgan fingerprint density at radius 1 is 1.00 bits per heavy atom. The van der Waals surface area contributed by atoms with Gasteiger partial charge in [0.1, 0.15) is 11.5 Å². The van der Waals surface area contributed by atoms with Gasteiger partial charge in [0, 0.05) is 6.04 Å². The zero-order valence-electron chi connectivity index (χ0n) is 13.4. The summed E-state index contributed by atoms with van der Waals surface area (Å²) < 4.78 is 6.03. The molecule has 0 aliphatic heterocycles. The Bertz CT molecular complexity index is 587. The van der Waals surface area contributed by atoms with E-state index in [1.807, 2.05) is 24.3 Å². The van der Waals surface area contributed by atoms with Gasteiger partial charge in [-0.2, -0.15) is 0 Å². The molecule has 2 nitrogen and oxygen atoms in total. The fraction of sp³-hybridized carbons (Fsp3) is 0.368. The molecule has 0 saturated carbocycles. The van der Waals surface area contributed by atoms with Gasteiger partial charge < -0.3 is 10.5 Å². The standard InChI is InChI=1S/C19H25NO/c1-5-18(20)15-8-10-17(11-9-15)21-19-12-16(13(2)3)7-6-14(19)4/h6-13,18H,5,20H2,1-4H3/t18-/m0/s1. The van der Waals surface area contributed by atoms with Gasteiger partial charge in [0.05, 0.1) is 0 Å². The zero-order chi connectivity index (χ0) is 15.4. The lowest BCUT2D eigenvalue weighted by molar-refractivity contribution is 0.477. The highest BCUT2D eigenvalue weighted by Gasteiger charge is 2.07. The van der Waals surface area contributed by atoms with Crippen LogP contribution in [0, 0.1) is 6.92 Å². The average Bonchev–Trinajstić information content (AvgIpc) is 2.49. The van der Waals surface area contributed by atoms with Crippen molar-refractivity contribution in [1.82, 2.24) is 0 Å². The van der Waals surface area contributed by atoms with Crippen LogP contribution in [0.3, 0.4) is 0 Å². The maximum Gasteiger partial charge on any atom is 0.130 e. The van der Waals surface area contributed by atoms with Gasteiger partial charge in [-0.15, -0.1) is 0 Å². The molecule has 0 aliphatic carbocycles. The largest absolute Gasteiger partial charge is 0.457 e. The molecular weight excluding hydrogens is 258 g/mol. The number of ether oxygens (including phenoxy) is 1. The molecule has 0 saturated heterocycles. The van der Waals surface area contributed by atoms with Crippen molar-refractivity contribution in [2.24, 2.45) is 5.73 Å². The number of hydrogen-bond acceptors (Lipinski definition) is 2. The van der Waals surface area contributed by atoms with Crippen LogP contribution in [0.15, 0.2) is 42.5 Å². The summed E-state index contributed by atoms with van der Waals surface area (Å²) in [4.78, 5) is 0. The lowest BCUT2D eigenvalue weighted by atomic mass is 10.0. The fourth-order valence-corrected chi connectivity index (χ4v) is 2.23. The summed E-state index contributed by atoms with van der Waals surface area (Å²) >= 11 is 0. The topological polar surface area (TPSA) is 35.2 Å². The van der Waals surface area contributed by atoms with Crippen molar-refractivity contribution in [2.45, 2.75) is 46.1 Å². The lowest BCUT2D eigenvalue weighted by Gasteiger charge is -2.14. The van der Waals surface area contributed by atoms with Crippen molar-refractivity contribution in [3.05, 3.63) is 59.2 Å². The molecule has 21 heavy (non-hydrogen) atoms. The first kappa shape index (κ1) is 15.6. The Morgan fingerprint density at radius 3 is 2.19 bits per heavy atom. The van der Waals surface area contributed by atoms with Gasteiger partial charge in [-0.3, -0.25) is 0 Å². The van der Waals surface area contributed by atoms with E-state index in [2.05, 4.69) is 45.9 Å². The monoisotopic (exact) mass is 283 g/mol. The SMILES string of the molecule is CC[C@H](N)c1ccc(Oc2cc(C(C)C)ccc2C)cc1. The molecule has 2 heteroatoms. The summed E-state index contributed by atoms with van der Waals surface area (Å²) in [6.45, 7) is 8.54. The molecule has 2 rings (SSSR count). The van der Waals surface area contributed by atoms with Gasteiger partial charge in [-0.05, 0) is 54.2 Å². The third kappa shape index (κ3) is 3.85. The maximum absolute atomic E-state index is 6.03. The van der Waals surface area contributed by atoms with Crippen LogP contribution < -0.4 is 10.5 Å². The Labute approximate surface area is 127 Å². The van der Waals surface area contributed by atoms with E-state index >= 15 is 0 Å². The fourth-order valence-electron chi connectivity index (χ4n) is 2.23. The second-order valence-electron chi connectivity index (χ2n) is 5.87. The van der Waals surface area contributed by atoms with Crippen LogP contribution in [0.1, 0.15) is 55.8 Å². The van der Waals surface area contributed by atoms with Crippen molar-refractivity contribution in [3.63, 3.8) is 0 Å². The second-order valence-corrected chi connectivity index (χ2v) is 5.87. The third-order valence-electron chi connectivity index (χ3n) is 3.85. The van der Waals surface area contributed by atoms with Crippen LogP contribution in [0.5, 0.6) is 11.5 Å². The van der Waals surface area contributed by atoms with Crippen LogP contribution in [0.4, 0.5) is 0 Å². The Balaban J connectivity index is 2.20. The van der Waals surface area contributed by atoms with E-state index < -0.39 is 0 Å². The molecule has 0 fully saturated rings. The maximum atomic E-state index is 6.03. The molecule has 0 aromatic heterocycles. The van der Waals surface area contributed by atoms with Crippen molar-refractivity contribution < 1.29 is 4.74 Å². The molecule has 2 aromatic rings. The molecule has 2 aromatic carbocycles. The first-order valence-corrected chi connectivity index (χ1v) is 7.65. The molecular formula is C19H25NO. The first-order valence-electron chi connectivity index (χ1n) is 7.65. The minimum Gasteiger partial charge on any atom is -0.457 e. The molecule has 0 spiro atoms. The molecule has 2 N–H and O–H groups in total. The van der Waals surface area contributed by atoms with Gasteiger partial charge in [0.15, 0.2) is 0 Å². The van der Waals surface area contributed by atoms with Crippen molar-refractivity contribution in [1.29, 1.82) is 0 Å². The van der Waals surface area contributed by atoms with Crippen molar-refractivity contribution in [3.8, 4) is 11.5 Å². The van der Waals surface area contributed by atoms with Crippen LogP contribution >= 0.6 is 0 Å². The summed E-state index contributed by atoms with van der Waals surface area (Å²) in [5, 5.41) is 0. The Morgan fingerprint density at radius 2 is 1.62 bits per heavy atom. The van der Waals surface area contributed by atoms with Crippen molar-refractivity contribution in [2.75, 3.05) is 0 Å². The van der Waals surface area contributed by atoms with E-state index in [4.69, 9.17) is 10.5 Å². The lowest BCUT2D eigenvalue weighted by Crippen LogP contribution is -2.08. The van der Waals surface area contributed by atoms with Gasteiger partial charge in [-0.1, -0.05) is 45.0 Å². The highest BCUT2D eigenvalue weighted by molar-refractivity contribution is 5.41. The van der Waals surface area contributed by atoms with E-state index in [0.717, 1.165) is 29.0 Å². The summed E-state index contributed by atoms with van der Waals surface area (Å²) in [7, 11) is 0. The molecule has 0 amide bonds. The minimum atomic E-state index is 0.102. The highest BCUT2D eigenvalue weighted by atomic mass is 16.5. The average molecular weight is 283 g/mol. The molecule has 0 heterocycles. The smallest absolute Gasteiger partial charge is 0.130 e.